The van der Waals surface area contributed by atoms with Crippen LogP contribution in [0.3, 0.4) is 0 Å². The maximum atomic E-state index is 13.0. The van der Waals surface area contributed by atoms with Crippen molar-refractivity contribution in [1.82, 2.24) is 0 Å². The van der Waals surface area contributed by atoms with Gasteiger partial charge in [-0.2, -0.15) is 13.2 Å². The molecule has 0 aliphatic rings. The van der Waals surface area contributed by atoms with Crippen molar-refractivity contribution in [2.45, 2.75) is 6.18 Å². The summed E-state index contributed by atoms with van der Waals surface area (Å²) in [6.07, 6.45) is -4.71. The summed E-state index contributed by atoms with van der Waals surface area (Å²) in [6.45, 7) is 0. The van der Waals surface area contributed by atoms with Crippen molar-refractivity contribution in [1.29, 1.82) is 0 Å². The van der Waals surface area contributed by atoms with Gasteiger partial charge in [0.25, 0.3) is 0 Å². The highest BCUT2D eigenvalue weighted by molar-refractivity contribution is 5.58. The van der Waals surface area contributed by atoms with Crippen LogP contribution in [0, 0.1) is 5.82 Å². The fraction of sp³-hybridized carbons (Fsp3) is 0.333. The second-order valence-corrected chi connectivity index (χ2v) is 2.78. The molecule has 0 heterocycles. The Morgan fingerprint density at radius 3 is 2.27 bits per heavy atom. The van der Waals surface area contributed by atoms with Crippen LogP contribution >= 0.6 is 0 Å². The molecule has 84 valence electrons. The van der Waals surface area contributed by atoms with Crippen LogP contribution in [0.25, 0.3) is 0 Å². The number of ether oxygens (including phenoxy) is 1. The van der Waals surface area contributed by atoms with Gasteiger partial charge in [0.2, 0.25) is 0 Å². The van der Waals surface area contributed by atoms with Crippen molar-refractivity contribution in [2.75, 3.05) is 19.5 Å². The second-order valence-electron chi connectivity index (χ2n) is 2.78. The maximum absolute atomic E-state index is 13.0. The molecular weight excluding hydrogens is 214 g/mol. The summed E-state index contributed by atoms with van der Waals surface area (Å²) < 4.78 is 54.6. The van der Waals surface area contributed by atoms with E-state index >= 15 is 0 Å². The van der Waals surface area contributed by atoms with E-state index in [1.54, 1.807) is 0 Å². The molecule has 1 aromatic rings. The van der Waals surface area contributed by atoms with Crippen LogP contribution < -0.4 is 10.1 Å². The van der Waals surface area contributed by atoms with Crippen LogP contribution in [0.2, 0.25) is 0 Å². The minimum Gasteiger partial charge on any atom is -0.494 e. The number of rotatable bonds is 2. The Hall–Kier alpha value is -1.46. The van der Waals surface area contributed by atoms with Crippen molar-refractivity contribution in [2.24, 2.45) is 0 Å². The summed E-state index contributed by atoms with van der Waals surface area (Å²) >= 11 is 0. The van der Waals surface area contributed by atoms with Gasteiger partial charge in [-0.3, -0.25) is 0 Å². The third kappa shape index (κ3) is 2.31. The minimum atomic E-state index is -4.71. The number of anilines is 1. The van der Waals surface area contributed by atoms with Gasteiger partial charge < -0.3 is 10.1 Å². The fourth-order valence-corrected chi connectivity index (χ4v) is 1.14. The Morgan fingerprint density at radius 1 is 1.27 bits per heavy atom. The number of nitrogens with one attached hydrogen (secondary N) is 1. The highest BCUT2D eigenvalue weighted by Crippen LogP contribution is 2.36. The number of hydrogen-bond donors (Lipinski definition) is 1. The van der Waals surface area contributed by atoms with Gasteiger partial charge in [0.15, 0.2) is 0 Å². The number of halogens is 4. The molecule has 0 fully saturated rings. The van der Waals surface area contributed by atoms with Crippen LogP contribution in [-0.4, -0.2) is 14.2 Å². The summed E-state index contributed by atoms with van der Waals surface area (Å²) in [5.74, 6) is -1.32. The Morgan fingerprint density at radius 2 is 1.87 bits per heavy atom. The molecule has 0 radical (unpaired) electrons. The first kappa shape index (κ1) is 11.6. The lowest BCUT2D eigenvalue weighted by atomic mass is 10.1. The van der Waals surface area contributed by atoms with Crippen LogP contribution in [0.1, 0.15) is 5.56 Å². The average Bonchev–Trinajstić information content (AvgIpc) is 2.15. The lowest BCUT2D eigenvalue weighted by Crippen LogP contribution is -2.09. The topological polar surface area (TPSA) is 21.3 Å². The SMILES string of the molecule is CNc1cc(C(F)(F)F)c(F)cc1OC. The highest BCUT2D eigenvalue weighted by atomic mass is 19.4. The Kier molecular flexibility index (Phi) is 3.06. The first-order valence-corrected chi connectivity index (χ1v) is 4.02. The van der Waals surface area contributed by atoms with E-state index in [0.29, 0.717) is 12.1 Å². The van der Waals surface area contributed by atoms with Crippen LogP contribution in [0.4, 0.5) is 23.2 Å². The molecule has 1 rings (SSSR count). The van der Waals surface area contributed by atoms with Crippen LogP contribution in [0.15, 0.2) is 12.1 Å². The standard InChI is InChI=1S/C9H9F4NO/c1-14-7-3-5(9(11,12)13)6(10)4-8(7)15-2/h3-4,14H,1-2H3. The molecule has 0 saturated carbocycles. The van der Waals surface area contributed by atoms with Gasteiger partial charge in [-0.05, 0) is 6.07 Å². The predicted molar refractivity (Wildman–Crippen MR) is 47.5 cm³/mol. The molecule has 0 bridgehead atoms. The highest BCUT2D eigenvalue weighted by Gasteiger charge is 2.35. The lowest BCUT2D eigenvalue weighted by Gasteiger charge is -2.13. The zero-order valence-electron chi connectivity index (χ0n) is 8.07. The number of hydrogen-bond acceptors (Lipinski definition) is 2. The molecule has 0 aliphatic heterocycles. The van der Waals surface area contributed by atoms with Crippen molar-refractivity contribution in [3.63, 3.8) is 0 Å². The van der Waals surface area contributed by atoms with E-state index in [0.717, 1.165) is 0 Å². The summed E-state index contributed by atoms with van der Waals surface area (Å²) in [5, 5.41) is 2.49. The predicted octanol–water partition coefficient (Wildman–Crippen LogP) is 2.89. The van der Waals surface area contributed by atoms with Gasteiger partial charge in [0.05, 0.1) is 18.4 Å². The molecule has 1 N–H and O–H groups in total. The van der Waals surface area contributed by atoms with E-state index in [-0.39, 0.29) is 11.4 Å². The monoisotopic (exact) mass is 223 g/mol. The van der Waals surface area contributed by atoms with Crippen LogP contribution in [-0.2, 0) is 6.18 Å². The number of benzene rings is 1. The quantitative estimate of drug-likeness (QED) is 0.778. The Bertz CT molecular complexity index is 362. The number of methoxy groups -OCH3 is 1. The van der Waals surface area contributed by atoms with Gasteiger partial charge in [0, 0.05) is 13.1 Å². The van der Waals surface area contributed by atoms with E-state index in [4.69, 9.17) is 4.74 Å². The van der Waals surface area contributed by atoms with Crippen molar-refractivity contribution >= 4 is 5.69 Å². The molecule has 0 spiro atoms. The molecule has 0 unspecified atom stereocenters. The second kappa shape index (κ2) is 3.96. The average molecular weight is 223 g/mol. The summed E-state index contributed by atoms with van der Waals surface area (Å²) in [6, 6.07) is 1.38. The molecule has 0 aliphatic carbocycles. The van der Waals surface area contributed by atoms with Gasteiger partial charge in [-0.15, -0.1) is 0 Å². The first-order chi connectivity index (χ1) is 6.90. The van der Waals surface area contributed by atoms with Gasteiger partial charge in [0.1, 0.15) is 11.6 Å². The van der Waals surface area contributed by atoms with E-state index in [1.807, 2.05) is 0 Å². The smallest absolute Gasteiger partial charge is 0.419 e. The molecular formula is C9H9F4NO. The molecule has 0 amide bonds. The molecule has 6 heteroatoms. The van der Waals surface area contributed by atoms with Crippen molar-refractivity contribution in [3.05, 3.63) is 23.5 Å². The number of alkyl halides is 3. The van der Waals surface area contributed by atoms with Crippen molar-refractivity contribution in [3.8, 4) is 5.75 Å². The first-order valence-electron chi connectivity index (χ1n) is 4.02. The summed E-state index contributed by atoms with van der Waals surface area (Å²) in [7, 11) is 2.68. The molecule has 0 atom stereocenters. The molecule has 1 aromatic carbocycles. The molecule has 0 saturated heterocycles. The Labute approximate surface area is 83.9 Å². The Balaban J connectivity index is 3.32. The zero-order chi connectivity index (χ0) is 11.6. The van der Waals surface area contributed by atoms with E-state index in [9.17, 15) is 17.6 Å². The minimum absolute atomic E-state index is 0.0306. The molecule has 15 heavy (non-hydrogen) atoms. The summed E-state index contributed by atoms with van der Waals surface area (Å²) in [5.41, 5.74) is -1.22. The third-order valence-corrected chi connectivity index (χ3v) is 1.86. The molecule has 2 nitrogen and oxygen atoms in total. The molecule has 0 aromatic heterocycles. The van der Waals surface area contributed by atoms with Crippen LogP contribution in [0.5, 0.6) is 5.75 Å². The maximum Gasteiger partial charge on any atom is 0.419 e. The van der Waals surface area contributed by atoms with E-state index < -0.39 is 17.6 Å². The normalized spacial score (nSPS) is 11.3. The zero-order valence-corrected chi connectivity index (χ0v) is 8.07. The summed E-state index contributed by atoms with van der Waals surface area (Å²) in [4.78, 5) is 0. The lowest BCUT2D eigenvalue weighted by molar-refractivity contribution is -0.139. The van der Waals surface area contributed by atoms with E-state index in [2.05, 4.69) is 5.32 Å². The van der Waals surface area contributed by atoms with E-state index in [1.165, 1.54) is 14.2 Å². The van der Waals surface area contributed by atoms with Crippen molar-refractivity contribution < 1.29 is 22.3 Å². The van der Waals surface area contributed by atoms with Gasteiger partial charge in [-0.1, -0.05) is 0 Å². The van der Waals surface area contributed by atoms with Gasteiger partial charge in [-0.25, -0.2) is 4.39 Å². The third-order valence-electron chi connectivity index (χ3n) is 1.86. The largest absolute Gasteiger partial charge is 0.494 e. The van der Waals surface area contributed by atoms with Gasteiger partial charge >= 0.3 is 6.18 Å². The fourth-order valence-electron chi connectivity index (χ4n) is 1.14.